The molecule has 0 amide bonds. The number of anilines is 1. The molecule has 5 aromatic rings. The van der Waals surface area contributed by atoms with E-state index in [1.165, 1.54) is 0 Å². The first-order valence-corrected chi connectivity index (χ1v) is 12.6. The minimum absolute atomic E-state index is 0.527. The van der Waals surface area contributed by atoms with Gasteiger partial charge in [-0.1, -0.05) is 45.2 Å². The van der Waals surface area contributed by atoms with Crippen LogP contribution in [-0.4, -0.2) is 30.1 Å². The maximum absolute atomic E-state index is 4.67. The van der Waals surface area contributed by atoms with Crippen LogP contribution >= 0.6 is 0 Å². The number of allylic oxidation sites excluding steroid dienone is 3. The van der Waals surface area contributed by atoms with Crippen LogP contribution in [0.5, 0.6) is 0 Å². The van der Waals surface area contributed by atoms with Crippen molar-refractivity contribution < 1.29 is 0 Å². The molecule has 38 heavy (non-hydrogen) atoms. The van der Waals surface area contributed by atoms with Crippen molar-refractivity contribution in [2.75, 3.05) is 5.32 Å². The average Bonchev–Trinajstić information content (AvgIpc) is 3.50. The van der Waals surface area contributed by atoms with Gasteiger partial charge in [0.1, 0.15) is 5.69 Å². The SMILES string of the molecule is C=C/C=C(/c1ccccn1)c1cc(-c2n[nH]c3cnc(-c4cncc(NC(=C)CC(C)C)c4)cc23)[nH]c1C. The van der Waals surface area contributed by atoms with Gasteiger partial charge in [-0.15, -0.1) is 0 Å². The van der Waals surface area contributed by atoms with Crippen molar-refractivity contribution in [3.8, 4) is 22.6 Å². The van der Waals surface area contributed by atoms with Crippen LogP contribution in [0.1, 0.15) is 37.2 Å². The van der Waals surface area contributed by atoms with E-state index in [1.807, 2.05) is 48.8 Å². The van der Waals surface area contributed by atoms with E-state index >= 15 is 0 Å². The smallest absolute Gasteiger partial charge is 0.116 e. The Hall–Kier alpha value is -4.78. The van der Waals surface area contributed by atoms with Gasteiger partial charge in [-0.3, -0.25) is 20.1 Å². The molecule has 0 aliphatic rings. The Labute approximate surface area is 222 Å². The van der Waals surface area contributed by atoms with Gasteiger partial charge in [-0.2, -0.15) is 5.10 Å². The molecule has 5 aromatic heterocycles. The minimum Gasteiger partial charge on any atom is -0.358 e. The fourth-order valence-electron chi connectivity index (χ4n) is 4.59. The van der Waals surface area contributed by atoms with E-state index in [4.69, 9.17) is 0 Å². The number of hydrogen-bond acceptors (Lipinski definition) is 5. The first kappa shape index (κ1) is 24.9. The summed E-state index contributed by atoms with van der Waals surface area (Å²) in [5, 5.41) is 12.1. The molecule has 7 heteroatoms. The normalized spacial score (nSPS) is 11.7. The summed E-state index contributed by atoms with van der Waals surface area (Å²) in [6.45, 7) is 14.4. The predicted molar refractivity (Wildman–Crippen MR) is 155 cm³/mol. The second-order valence-electron chi connectivity index (χ2n) is 9.73. The maximum atomic E-state index is 4.67. The number of hydrogen-bond donors (Lipinski definition) is 3. The summed E-state index contributed by atoms with van der Waals surface area (Å²) in [6.07, 6.45) is 11.9. The van der Waals surface area contributed by atoms with Crippen molar-refractivity contribution in [2.24, 2.45) is 5.92 Å². The molecule has 5 heterocycles. The number of aryl methyl sites for hydroxylation is 1. The topological polar surface area (TPSA) is 95.2 Å². The summed E-state index contributed by atoms with van der Waals surface area (Å²) in [7, 11) is 0. The van der Waals surface area contributed by atoms with E-state index in [0.29, 0.717) is 5.92 Å². The van der Waals surface area contributed by atoms with E-state index in [2.05, 4.69) is 75.4 Å². The fraction of sp³-hybridized carbons (Fsp3) is 0.161. The molecule has 190 valence electrons. The number of rotatable bonds is 9. The first-order chi connectivity index (χ1) is 18.4. The number of nitrogens with one attached hydrogen (secondary N) is 3. The van der Waals surface area contributed by atoms with E-state index in [0.717, 1.165) is 73.9 Å². The number of H-pyrrole nitrogens is 2. The molecule has 0 fully saturated rings. The highest BCUT2D eigenvalue weighted by Gasteiger charge is 2.17. The van der Waals surface area contributed by atoms with Crippen molar-refractivity contribution in [3.63, 3.8) is 0 Å². The van der Waals surface area contributed by atoms with Crippen LogP contribution in [0.25, 0.3) is 39.1 Å². The Morgan fingerprint density at radius 2 is 1.97 bits per heavy atom. The zero-order valence-electron chi connectivity index (χ0n) is 21.9. The van der Waals surface area contributed by atoms with Crippen LogP contribution < -0.4 is 5.32 Å². The van der Waals surface area contributed by atoms with Gasteiger partial charge in [-0.05, 0) is 49.6 Å². The van der Waals surface area contributed by atoms with E-state index in [9.17, 15) is 0 Å². The largest absolute Gasteiger partial charge is 0.358 e. The Morgan fingerprint density at radius 3 is 2.74 bits per heavy atom. The standard InChI is InChI=1S/C31H31N7/c1-6-9-24(27-10-7-8-11-33-27)25-14-29(36-21(25)5)31-26-15-28(34-18-30(26)37-38-31)22-13-23(17-32-16-22)35-20(4)12-19(2)3/h6-11,13-19,35-36H,1,4,12H2,2-3,5H3,(H,37,38)/b24-9+. The van der Waals surface area contributed by atoms with Crippen molar-refractivity contribution in [1.82, 2.24) is 30.1 Å². The monoisotopic (exact) mass is 501 g/mol. The van der Waals surface area contributed by atoms with Gasteiger partial charge in [0.15, 0.2) is 0 Å². The van der Waals surface area contributed by atoms with Gasteiger partial charge in [0.25, 0.3) is 0 Å². The van der Waals surface area contributed by atoms with Crippen LogP contribution in [-0.2, 0) is 0 Å². The molecule has 0 saturated carbocycles. The second kappa shape index (κ2) is 10.7. The van der Waals surface area contributed by atoms with E-state index < -0.39 is 0 Å². The summed E-state index contributed by atoms with van der Waals surface area (Å²) >= 11 is 0. The predicted octanol–water partition coefficient (Wildman–Crippen LogP) is 7.31. The van der Waals surface area contributed by atoms with Gasteiger partial charge >= 0.3 is 0 Å². The lowest BCUT2D eigenvalue weighted by atomic mass is 10.0. The van der Waals surface area contributed by atoms with Crippen LogP contribution in [0.4, 0.5) is 5.69 Å². The molecular weight excluding hydrogens is 470 g/mol. The van der Waals surface area contributed by atoms with Gasteiger partial charge < -0.3 is 10.3 Å². The van der Waals surface area contributed by atoms with Gasteiger partial charge in [0.2, 0.25) is 0 Å². The molecule has 7 nitrogen and oxygen atoms in total. The molecule has 0 bridgehead atoms. The number of fused-ring (bicyclic) bond motifs is 1. The Balaban J connectivity index is 1.51. The zero-order valence-corrected chi connectivity index (χ0v) is 21.9. The van der Waals surface area contributed by atoms with Crippen LogP contribution in [0.15, 0.2) is 92.2 Å². The Bertz CT molecular complexity index is 1640. The molecule has 0 atom stereocenters. The van der Waals surface area contributed by atoms with Crippen LogP contribution in [0, 0.1) is 12.8 Å². The minimum atomic E-state index is 0.527. The van der Waals surface area contributed by atoms with Crippen LogP contribution in [0.3, 0.4) is 0 Å². The summed E-state index contributed by atoms with van der Waals surface area (Å²) in [5.41, 5.74) is 10.1. The third-order valence-corrected chi connectivity index (χ3v) is 6.24. The molecule has 0 spiro atoms. The molecule has 0 saturated heterocycles. The van der Waals surface area contributed by atoms with Gasteiger partial charge in [0, 0.05) is 45.9 Å². The fourth-order valence-corrected chi connectivity index (χ4v) is 4.59. The maximum Gasteiger partial charge on any atom is 0.116 e. The summed E-state index contributed by atoms with van der Waals surface area (Å²) in [6, 6.07) is 12.1. The van der Waals surface area contributed by atoms with Crippen LogP contribution in [0.2, 0.25) is 0 Å². The number of aromatic nitrogens is 6. The highest BCUT2D eigenvalue weighted by molar-refractivity contribution is 5.95. The van der Waals surface area contributed by atoms with Gasteiger partial charge in [-0.25, -0.2) is 0 Å². The first-order valence-electron chi connectivity index (χ1n) is 12.6. The highest BCUT2D eigenvalue weighted by atomic mass is 15.1. The summed E-state index contributed by atoms with van der Waals surface area (Å²) in [4.78, 5) is 17.2. The molecule has 5 rings (SSSR count). The average molecular weight is 502 g/mol. The molecular formula is C31H31N7. The number of aromatic amines is 2. The van der Waals surface area contributed by atoms with Gasteiger partial charge in [0.05, 0.1) is 40.7 Å². The molecule has 0 radical (unpaired) electrons. The second-order valence-corrected chi connectivity index (χ2v) is 9.73. The molecule has 0 aliphatic heterocycles. The summed E-state index contributed by atoms with van der Waals surface area (Å²) in [5.74, 6) is 0.527. The van der Waals surface area contributed by atoms with E-state index in [1.54, 1.807) is 18.5 Å². The van der Waals surface area contributed by atoms with Crippen molar-refractivity contribution in [1.29, 1.82) is 0 Å². The molecule has 0 unspecified atom stereocenters. The quantitative estimate of drug-likeness (QED) is 0.184. The molecule has 3 N–H and O–H groups in total. The van der Waals surface area contributed by atoms with E-state index in [-0.39, 0.29) is 0 Å². The Kier molecular flexibility index (Phi) is 7.00. The third-order valence-electron chi connectivity index (χ3n) is 6.24. The number of nitrogens with zero attached hydrogens (tertiary/aromatic N) is 4. The zero-order chi connectivity index (χ0) is 26.6. The molecule has 0 aliphatic carbocycles. The highest BCUT2D eigenvalue weighted by Crippen LogP contribution is 2.33. The Morgan fingerprint density at radius 1 is 1.11 bits per heavy atom. The lowest BCUT2D eigenvalue weighted by Gasteiger charge is -2.12. The lowest BCUT2D eigenvalue weighted by molar-refractivity contribution is 0.645. The lowest BCUT2D eigenvalue weighted by Crippen LogP contribution is -2.02. The van der Waals surface area contributed by atoms with Crippen molar-refractivity contribution in [2.45, 2.75) is 27.2 Å². The number of pyridine rings is 3. The third kappa shape index (κ3) is 5.18. The van der Waals surface area contributed by atoms with Crippen molar-refractivity contribution in [3.05, 3.63) is 109 Å². The molecule has 0 aromatic carbocycles. The van der Waals surface area contributed by atoms with Crippen molar-refractivity contribution >= 4 is 22.2 Å². The summed E-state index contributed by atoms with van der Waals surface area (Å²) < 4.78 is 0.